The van der Waals surface area contributed by atoms with Crippen molar-refractivity contribution in [2.24, 2.45) is 0 Å². The number of ether oxygens (including phenoxy) is 1. The van der Waals surface area contributed by atoms with E-state index in [4.69, 9.17) is 4.74 Å². The van der Waals surface area contributed by atoms with Gasteiger partial charge in [-0.15, -0.1) is 0 Å². The van der Waals surface area contributed by atoms with E-state index in [2.05, 4.69) is 10.6 Å². The minimum Gasteiger partial charge on any atom is -0.478 e. The number of carboxylic acid groups (broad SMARTS) is 1. The van der Waals surface area contributed by atoms with Crippen molar-refractivity contribution in [3.05, 3.63) is 47.1 Å². The molecule has 1 heterocycles. The maximum atomic E-state index is 15.2. The molecule has 0 aromatic heterocycles. The quantitative estimate of drug-likeness (QED) is 0.615. The summed E-state index contributed by atoms with van der Waals surface area (Å²) in [5, 5.41) is 14.3. The van der Waals surface area contributed by atoms with Crippen LogP contribution in [0.15, 0.2) is 24.0 Å². The van der Waals surface area contributed by atoms with E-state index in [-0.39, 0.29) is 18.3 Å². The number of alkyl carbamates (subject to hydrolysis) is 1. The second-order valence-corrected chi connectivity index (χ2v) is 8.03. The van der Waals surface area contributed by atoms with Crippen LogP contribution in [0, 0.1) is 17.5 Å². The number of nitrogens with zero attached hydrogens (tertiary/aromatic N) is 1. The minimum absolute atomic E-state index is 0.0257. The molecule has 1 fully saturated rings. The molecule has 3 rings (SSSR count). The number of rotatable bonds is 5. The Morgan fingerprint density at radius 3 is 2.40 bits per heavy atom. The van der Waals surface area contributed by atoms with Crippen molar-refractivity contribution >= 4 is 23.4 Å². The van der Waals surface area contributed by atoms with E-state index in [0.717, 1.165) is 4.90 Å². The Balaban J connectivity index is 1.97. The second kappa shape index (κ2) is 7.92. The lowest BCUT2D eigenvalue weighted by molar-refractivity contribution is 0.0546. The highest BCUT2D eigenvalue weighted by atomic mass is 19.2. The van der Waals surface area contributed by atoms with Gasteiger partial charge in [0.2, 0.25) is 0 Å². The molecule has 1 aliphatic heterocycles. The molecule has 0 spiro atoms. The molecule has 0 unspecified atom stereocenters. The van der Waals surface area contributed by atoms with Crippen LogP contribution in [-0.2, 0) is 4.74 Å². The number of hydrogen-bond acceptors (Lipinski definition) is 5. The Morgan fingerprint density at radius 2 is 1.83 bits per heavy atom. The molecule has 1 aromatic carbocycles. The molecular formula is C20H22F3N3O4. The first-order valence-electron chi connectivity index (χ1n) is 9.33. The van der Waals surface area contributed by atoms with Crippen molar-refractivity contribution in [3.8, 4) is 0 Å². The fourth-order valence-corrected chi connectivity index (χ4v) is 2.88. The Hall–Kier alpha value is -3.17. The Labute approximate surface area is 171 Å². The summed E-state index contributed by atoms with van der Waals surface area (Å²) in [7, 11) is 0. The summed E-state index contributed by atoms with van der Waals surface area (Å²) in [6.45, 7) is 5.00. The van der Waals surface area contributed by atoms with Crippen molar-refractivity contribution in [1.29, 1.82) is 0 Å². The molecule has 1 saturated carbocycles. The number of aromatic carboxylic acids is 1. The third-order valence-electron chi connectivity index (χ3n) is 4.26. The van der Waals surface area contributed by atoms with Gasteiger partial charge in [-0.1, -0.05) is 6.08 Å². The third-order valence-corrected chi connectivity index (χ3v) is 4.26. The Bertz CT molecular complexity index is 950. The lowest BCUT2D eigenvalue weighted by Crippen LogP contribution is -2.34. The van der Waals surface area contributed by atoms with Gasteiger partial charge in [-0.05, 0) is 39.7 Å². The van der Waals surface area contributed by atoms with E-state index in [1.165, 1.54) is 18.4 Å². The Kier molecular flexibility index (Phi) is 5.69. The highest BCUT2D eigenvalue weighted by Crippen LogP contribution is 2.38. The summed E-state index contributed by atoms with van der Waals surface area (Å²) in [5.41, 5.74) is -3.02. The molecule has 7 nitrogen and oxygen atoms in total. The SMILES string of the molecule is CC(C)(C)OC(=O)NC1=CN(c2c(F)c(F)c(C(=O)O)c(NC3CC3)c2F)CC=C1. The summed E-state index contributed by atoms with van der Waals surface area (Å²) in [5.74, 6) is -6.29. The van der Waals surface area contributed by atoms with E-state index in [9.17, 15) is 23.5 Å². The molecule has 10 heteroatoms. The zero-order chi connectivity index (χ0) is 22.2. The molecule has 0 atom stereocenters. The van der Waals surface area contributed by atoms with Crippen molar-refractivity contribution in [3.63, 3.8) is 0 Å². The van der Waals surface area contributed by atoms with E-state index in [1.54, 1.807) is 20.8 Å². The number of carbonyl (C=O) groups is 2. The average Bonchev–Trinajstić information content (AvgIpc) is 3.42. The van der Waals surface area contributed by atoms with Gasteiger partial charge >= 0.3 is 12.1 Å². The maximum absolute atomic E-state index is 15.2. The number of halogens is 3. The third kappa shape index (κ3) is 4.69. The topological polar surface area (TPSA) is 90.9 Å². The zero-order valence-corrected chi connectivity index (χ0v) is 16.7. The molecular weight excluding hydrogens is 403 g/mol. The molecule has 1 aliphatic carbocycles. The number of nitrogens with one attached hydrogen (secondary N) is 2. The molecule has 2 aliphatic rings. The first kappa shape index (κ1) is 21.5. The summed E-state index contributed by atoms with van der Waals surface area (Å²) in [6.07, 6.45) is 4.78. The highest BCUT2D eigenvalue weighted by molar-refractivity contribution is 5.96. The van der Waals surface area contributed by atoms with Gasteiger partial charge in [0.05, 0.1) is 11.4 Å². The maximum Gasteiger partial charge on any atom is 0.412 e. The van der Waals surface area contributed by atoms with Gasteiger partial charge < -0.3 is 20.1 Å². The van der Waals surface area contributed by atoms with Crippen LogP contribution in [0.5, 0.6) is 0 Å². The lowest BCUT2D eigenvalue weighted by Gasteiger charge is -2.27. The standard InChI is InChI=1S/C20H22F3N3O4/c1-20(2,3)30-19(29)25-11-5-4-8-26(9-11)17-14(22)13(21)12(18(27)28)16(15(17)23)24-10-6-7-10/h4-5,9-10,24H,6-8H2,1-3H3,(H,25,29)(H,27,28). The summed E-state index contributed by atoms with van der Waals surface area (Å²) >= 11 is 0. The molecule has 162 valence electrons. The van der Waals surface area contributed by atoms with E-state index in [0.29, 0.717) is 12.8 Å². The summed E-state index contributed by atoms with van der Waals surface area (Å²) in [4.78, 5) is 24.4. The molecule has 0 radical (unpaired) electrons. The van der Waals surface area contributed by atoms with Gasteiger partial charge in [0.25, 0.3) is 0 Å². The van der Waals surface area contributed by atoms with E-state index < -0.39 is 52.1 Å². The van der Waals surface area contributed by atoms with Crippen molar-refractivity contribution in [2.75, 3.05) is 16.8 Å². The van der Waals surface area contributed by atoms with Crippen molar-refractivity contribution in [1.82, 2.24) is 5.32 Å². The summed E-state index contributed by atoms with van der Waals surface area (Å²) < 4.78 is 49.6. The van der Waals surface area contributed by atoms with Crippen LogP contribution >= 0.6 is 0 Å². The van der Waals surface area contributed by atoms with Crippen LogP contribution in [0.1, 0.15) is 44.0 Å². The van der Waals surface area contributed by atoms with Crippen molar-refractivity contribution in [2.45, 2.75) is 45.3 Å². The predicted molar refractivity (Wildman–Crippen MR) is 104 cm³/mol. The largest absolute Gasteiger partial charge is 0.478 e. The summed E-state index contributed by atoms with van der Waals surface area (Å²) in [6, 6.07) is -0.198. The number of anilines is 2. The normalized spacial score (nSPS) is 16.2. The molecule has 1 amide bonds. The van der Waals surface area contributed by atoms with Crippen LogP contribution in [0.25, 0.3) is 0 Å². The Morgan fingerprint density at radius 1 is 1.17 bits per heavy atom. The smallest absolute Gasteiger partial charge is 0.412 e. The van der Waals surface area contributed by atoms with E-state index in [1.807, 2.05) is 0 Å². The lowest BCUT2D eigenvalue weighted by atomic mass is 10.1. The zero-order valence-electron chi connectivity index (χ0n) is 16.7. The van der Waals surface area contributed by atoms with Crippen LogP contribution in [0.4, 0.5) is 29.3 Å². The first-order valence-corrected chi connectivity index (χ1v) is 9.33. The van der Waals surface area contributed by atoms with Crippen LogP contribution in [0.2, 0.25) is 0 Å². The number of allylic oxidation sites excluding steroid dienone is 1. The van der Waals surface area contributed by atoms with Gasteiger partial charge in [0, 0.05) is 18.8 Å². The van der Waals surface area contributed by atoms with Crippen LogP contribution < -0.4 is 15.5 Å². The number of carboxylic acids is 1. The first-order chi connectivity index (χ1) is 14.0. The minimum atomic E-state index is -1.78. The fraction of sp³-hybridized carbons (Fsp3) is 0.400. The monoisotopic (exact) mass is 425 g/mol. The molecule has 0 saturated heterocycles. The van der Waals surface area contributed by atoms with Gasteiger partial charge in [0.15, 0.2) is 17.5 Å². The number of benzene rings is 1. The van der Waals surface area contributed by atoms with Gasteiger partial charge in [-0.25, -0.2) is 22.8 Å². The van der Waals surface area contributed by atoms with Gasteiger partial charge in [-0.2, -0.15) is 0 Å². The predicted octanol–water partition coefficient (Wildman–Crippen LogP) is 4.12. The average molecular weight is 425 g/mol. The highest BCUT2D eigenvalue weighted by Gasteiger charge is 2.34. The van der Waals surface area contributed by atoms with Gasteiger partial charge in [-0.3, -0.25) is 5.32 Å². The van der Waals surface area contributed by atoms with Crippen LogP contribution in [-0.4, -0.2) is 35.4 Å². The molecule has 0 bridgehead atoms. The van der Waals surface area contributed by atoms with E-state index >= 15 is 4.39 Å². The molecule has 1 aromatic rings. The van der Waals surface area contributed by atoms with Crippen LogP contribution in [0.3, 0.4) is 0 Å². The second-order valence-electron chi connectivity index (χ2n) is 8.03. The van der Waals surface area contributed by atoms with Gasteiger partial charge in [0.1, 0.15) is 16.9 Å². The van der Waals surface area contributed by atoms with Crippen molar-refractivity contribution < 1.29 is 32.6 Å². The fourth-order valence-electron chi connectivity index (χ4n) is 2.88. The number of carbonyl (C=O) groups excluding carboxylic acids is 1. The molecule has 3 N–H and O–H groups in total. The number of amides is 1. The molecule has 30 heavy (non-hydrogen) atoms. The number of hydrogen-bond donors (Lipinski definition) is 3.